The fraction of sp³-hybridized carbons (Fsp3) is 0.500. The topological polar surface area (TPSA) is 56.1 Å². The summed E-state index contributed by atoms with van der Waals surface area (Å²) in [6.45, 7) is 12.4. The smallest absolute Gasteiger partial charge is 0.225 e. The summed E-state index contributed by atoms with van der Waals surface area (Å²) < 4.78 is 8.42. The number of hydrogen-bond acceptors (Lipinski definition) is 3. The fourth-order valence-corrected chi connectivity index (χ4v) is 3.90. The second-order valence-corrected chi connectivity index (χ2v) is 9.89. The van der Waals surface area contributed by atoms with Crippen LogP contribution in [0.4, 0.5) is 0 Å². The Morgan fingerprint density at radius 1 is 1.00 bits per heavy atom. The van der Waals surface area contributed by atoms with Gasteiger partial charge in [0, 0.05) is 24.9 Å². The molecule has 2 aromatic carbocycles. The third kappa shape index (κ3) is 6.83. The fourth-order valence-electron chi connectivity index (χ4n) is 3.90. The average molecular weight is 450 g/mol. The van der Waals surface area contributed by atoms with Gasteiger partial charge in [0.1, 0.15) is 11.6 Å². The van der Waals surface area contributed by atoms with E-state index in [2.05, 4.69) is 48.0 Å². The van der Waals surface area contributed by atoms with E-state index in [4.69, 9.17) is 9.72 Å². The Balaban J connectivity index is 1.51. The molecule has 1 N–H and O–H groups in total. The Labute approximate surface area is 198 Å². The zero-order valence-electron chi connectivity index (χ0n) is 20.9. The van der Waals surface area contributed by atoms with Gasteiger partial charge in [-0.15, -0.1) is 0 Å². The molecule has 0 unspecified atom stereocenters. The van der Waals surface area contributed by atoms with Crippen molar-refractivity contribution in [1.82, 2.24) is 14.9 Å². The quantitative estimate of drug-likeness (QED) is 0.365. The molecule has 0 aliphatic carbocycles. The number of para-hydroxylation sites is 2. The molecule has 0 aliphatic rings. The molecule has 0 saturated heterocycles. The predicted molar refractivity (Wildman–Crippen MR) is 136 cm³/mol. The lowest BCUT2D eigenvalue weighted by Gasteiger charge is -2.17. The van der Waals surface area contributed by atoms with Crippen LogP contribution in [-0.4, -0.2) is 28.6 Å². The zero-order chi connectivity index (χ0) is 23.8. The molecule has 0 bridgehead atoms. The van der Waals surface area contributed by atoms with Gasteiger partial charge in [-0.3, -0.25) is 4.79 Å². The van der Waals surface area contributed by atoms with Gasteiger partial charge in [0.25, 0.3) is 0 Å². The Morgan fingerprint density at radius 2 is 1.79 bits per heavy atom. The van der Waals surface area contributed by atoms with E-state index in [1.54, 1.807) is 0 Å². The van der Waals surface area contributed by atoms with Crippen molar-refractivity contribution < 1.29 is 9.53 Å². The highest BCUT2D eigenvalue weighted by Gasteiger charge is 2.20. The van der Waals surface area contributed by atoms with Crippen molar-refractivity contribution in [2.75, 3.05) is 13.2 Å². The molecule has 5 heteroatoms. The van der Waals surface area contributed by atoms with E-state index in [1.165, 1.54) is 16.6 Å². The van der Waals surface area contributed by atoms with E-state index in [-0.39, 0.29) is 11.3 Å². The third-order valence-corrected chi connectivity index (χ3v) is 6.12. The van der Waals surface area contributed by atoms with E-state index in [1.807, 2.05) is 39.0 Å². The van der Waals surface area contributed by atoms with Gasteiger partial charge in [-0.2, -0.15) is 0 Å². The number of hydrogen-bond donors (Lipinski definition) is 1. The van der Waals surface area contributed by atoms with Crippen molar-refractivity contribution in [2.24, 2.45) is 5.41 Å². The van der Waals surface area contributed by atoms with Crippen molar-refractivity contribution in [3.8, 4) is 5.75 Å². The number of ether oxygens (including phenoxy) is 1. The minimum Gasteiger partial charge on any atom is -0.493 e. The van der Waals surface area contributed by atoms with Crippen molar-refractivity contribution in [3.63, 3.8) is 0 Å². The third-order valence-electron chi connectivity index (χ3n) is 6.12. The van der Waals surface area contributed by atoms with E-state index in [0.717, 1.165) is 62.3 Å². The minimum atomic E-state index is -0.327. The highest BCUT2D eigenvalue weighted by atomic mass is 16.5. The van der Waals surface area contributed by atoms with Gasteiger partial charge in [0.05, 0.1) is 17.6 Å². The maximum atomic E-state index is 12.0. The number of rotatable bonds is 11. The molecule has 0 aliphatic heterocycles. The number of benzene rings is 2. The van der Waals surface area contributed by atoms with Gasteiger partial charge in [-0.25, -0.2) is 4.98 Å². The van der Waals surface area contributed by atoms with Gasteiger partial charge in [-0.05, 0) is 62.4 Å². The summed E-state index contributed by atoms with van der Waals surface area (Å²) in [5.41, 5.74) is 4.39. The molecular weight excluding hydrogens is 410 g/mol. The van der Waals surface area contributed by atoms with Crippen LogP contribution in [0.25, 0.3) is 11.0 Å². The van der Waals surface area contributed by atoms with Crippen LogP contribution in [0.1, 0.15) is 63.4 Å². The first-order chi connectivity index (χ1) is 15.8. The van der Waals surface area contributed by atoms with Gasteiger partial charge in [0.2, 0.25) is 5.91 Å². The van der Waals surface area contributed by atoms with Gasteiger partial charge in [-0.1, -0.05) is 51.5 Å². The lowest BCUT2D eigenvalue weighted by molar-refractivity contribution is -0.128. The maximum Gasteiger partial charge on any atom is 0.225 e. The molecule has 1 heterocycles. The number of aromatic nitrogens is 2. The molecule has 0 spiro atoms. The molecule has 1 aromatic heterocycles. The number of carbonyl (C=O) groups is 1. The summed E-state index contributed by atoms with van der Waals surface area (Å²) in [4.78, 5) is 16.9. The summed E-state index contributed by atoms with van der Waals surface area (Å²) in [6, 6.07) is 14.6. The van der Waals surface area contributed by atoms with Crippen molar-refractivity contribution in [2.45, 2.75) is 73.3 Å². The zero-order valence-corrected chi connectivity index (χ0v) is 20.9. The molecule has 1 amide bonds. The number of imidazole rings is 1. The van der Waals surface area contributed by atoms with Gasteiger partial charge < -0.3 is 14.6 Å². The summed E-state index contributed by atoms with van der Waals surface area (Å²) in [5.74, 6) is 2.23. The highest BCUT2D eigenvalue weighted by molar-refractivity contribution is 5.81. The second-order valence-electron chi connectivity index (χ2n) is 9.89. The van der Waals surface area contributed by atoms with E-state index >= 15 is 0 Å². The van der Waals surface area contributed by atoms with E-state index in [9.17, 15) is 4.79 Å². The monoisotopic (exact) mass is 449 g/mol. The van der Waals surface area contributed by atoms with Gasteiger partial charge >= 0.3 is 0 Å². The Kier molecular flexibility index (Phi) is 8.54. The average Bonchev–Trinajstić information content (AvgIpc) is 3.13. The predicted octanol–water partition coefficient (Wildman–Crippen LogP) is 6.00. The number of nitrogens with one attached hydrogen (secondary N) is 1. The lowest BCUT2D eigenvalue weighted by atomic mass is 9.96. The first kappa shape index (κ1) is 24.8. The first-order valence-corrected chi connectivity index (χ1v) is 12.2. The largest absolute Gasteiger partial charge is 0.493 e. The molecule has 0 saturated carbocycles. The van der Waals surface area contributed by atoms with Crippen LogP contribution in [-0.2, 0) is 17.8 Å². The van der Waals surface area contributed by atoms with Crippen molar-refractivity contribution in [1.29, 1.82) is 0 Å². The Morgan fingerprint density at radius 3 is 2.58 bits per heavy atom. The normalized spacial score (nSPS) is 11.7. The molecule has 178 valence electrons. The van der Waals surface area contributed by atoms with Crippen LogP contribution < -0.4 is 10.1 Å². The van der Waals surface area contributed by atoms with Crippen molar-refractivity contribution >= 4 is 16.9 Å². The maximum absolute atomic E-state index is 12.0. The molecule has 33 heavy (non-hydrogen) atoms. The molecule has 0 fully saturated rings. The van der Waals surface area contributed by atoms with Crippen LogP contribution in [0.3, 0.4) is 0 Å². The highest BCUT2D eigenvalue weighted by Crippen LogP contribution is 2.22. The molecule has 3 aromatic rings. The van der Waals surface area contributed by atoms with E-state index in [0.29, 0.717) is 6.61 Å². The van der Waals surface area contributed by atoms with Crippen LogP contribution in [0.2, 0.25) is 0 Å². The number of carbonyl (C=O) groups excluding carboxylic acids is 1. The number of fused-ring (bicyclic) bond motifs is 1. The summed E-state index contributed by atoms with van der Waals surface area (Å²) in [7, 11) is 0. The number of aryl methyl sites for hydroxylation is 3. The second kappa shape index (κ2) is 11.4. The van der Waals surface area contributed by atoms with Crippen LogP contribution >= 0.6 is 0 Å². The standard InChI is InChI=1S/C28H39N3O2/c1-21-13-11-16-25(22(21)2)33-20-12-19-31-24-15-9-8-14-23(24)30-26(31)17-7-6-10-18-29-27(32)28(3,4)5/h8-9,11,13-16H,6-7,10,12,17-20H2,1-5H3,(H,29,32). The number of amides is 1. The Hall–Kier alpha value is -2.82. The van der Waals surface area contributed by atoms with Crippen LogP contribution in [0.15, 0.2) is 42.5 Å². The van der Waals surface area contributed by atoms with Crippen molar-refractivity contribution in [3.05, 3.63) is 59.4 Å². The Bertz CT molecular complexity index is 1060. The molecule has 3 rings (SSSR count). The van der Waals surface area contributed by atoms with Crippen LogP contribution in [0.5, 0.6) is 5.75 Å². The van der Waals surface area contributed by atoms with E-state index < -0.39 is 0 Å². The summed E-state index contributed by atoms with van der Waals surface area (Å²) in [6.07, 6.45) is 5.00. The number of nitrogens with zero attached hydrogens (tertiary/aromatic N) is 2. The lowest BCUT2D eigenvalue weighted by Crippen LogP contribution is -2.35. The summed E-state index contributed by atoms with van der Waals surface area (Å²) >= 11 is 0. The molecular formula is C28H39N3O2. The number of unbranched alkanes of at least 4 members (excludes halogenated alkanes) is 2. The first-order valence-electron chi connectivity index (χ1n) is 12.2. The molecule has 0 atom stereocenters. The minimum absolute atomic E-state index is 0.118. The summed E-state index contributed by atoms with van der Waals surface area (Å²) in [5, 5.41) is 3.04. The molecule has 0 radical (unpaired) electrons. The SMILES string of the molecule is Cc1cccc(OCCCn2c(CCCCCNC(=O)C(C)(C)C)nc3ccccc32)c1C. The van der Waals surface area contributed by atoms with Gasteiger partial charge in [0.15, 0.2) is 0 Å². The molecule has 5 nitrogen and oxygen atoms in total. The van der Waals surface area contributed by atoms with Crippen LogP contribution in [0, 0.1) is 19.3 Å².